The summed E-state index contributed by atoms with van der Waals surface area (Å²) in [5.41, 5.74) is 0.862. The first kappa shape index (κ1) is 8.94. The summed E-state index contributed by atoms with van der Waals surface area (Å²) in [7, 11) is 1.53. The zero-order valence-electron chi connectivity index (χ0n) is 8.04. The summed E-state index contributed by atoms with van der Waals surface area (Å²) in [5.74, 6) is 0.195. The number of nitrogens with zero attached hydrogens (tertiary/aromatic N) is 1. The van der Waals surface area contributed by atoms with Crippen LogP contribution in [0.3, 0.4) is 0 Å². The van der Waals surface area contributed by atoms with Gasteiger partial charge in [-0.15, -0.1) is 0 Å². The molecule has 0 aliphatic rings. The van der Waals surface area contributed by atoms with Gasteiger partial charge in [0.25, 0.3) is 0 Å². The number of aromatic nitrogens is 1. The van der Waals surface area contributed by atoms with Gasteiger partial charge in [-0.05, 0) is 30.5 Å². The van der Waals surface area contributed by atoms with Crippen molar-refractivity contribution in [3.63, 3.8) is 0 Å². The van der Waals surface area contributed by atoms with Crippen molar-refractivity contribution >= 4 is 10.8 Å². The lowest BCUT2D eigenvalue weighted by Crippen LogP contribution is -1.92. The molecule has 2 aromatic rings. The average Bonchev–Trinajstić information content (AvgIpc) is 2.17. The topological polar surface area (TPSA) is 22.1 Å². The lowest BCUT2D eigenvalue weighted by atomic mass is 10.1. The van der Waals surface area contributed by atoms with Gasteiger partial charge in [-0.3, -0.25) is 0 Å². The zero-order valence-corrected chi connectivity index (χ0v) is 8.04. The molecular formula is C11H10FNO. The smallest absolute Gasteiger partial charge is 0.221 e. The van der Waals surface area contributed by atoms with Crippen LogP contribution < -0.4 is 4.74 Å². The molecule has 1 aromatic carbocycles. The van der Waals surface area contributed by atoms with Crippen molar-refractivity contribution in [2.24, 2.45) is 0 Å². The Bertz CT molecular complexity index is 482. The number of rotatable bonds is 1. The number of aryl methyl sites for hydroxylation is 1. The van der Waals surface area contributed by atoms with E-state index in [2.05, 4.69) is 4.98 Å². The van der Waals surface area contributed by atoms with E-state index >= 15 is 0 Å². The number of fused-ring (bicyclic) bond motifs is 1. The van der Waals surface area contributed by atoms with Gasteiger partial charge >= 0.3 is 0 Å². The standard InChI is InChI=1S/C11H10FNO/c1-7-5-8-3-4-9(12)6-10(8)11(13-7)14-2/h3-6H,1-2H3. The van der Waals surface area contributed by atoms with Crippen LogP contribution in [0.4, 0.5) is 4.39 Å². The van der Waals surface area contributed by atoms with E-state index in [0.717, 1.165) is 11.1 Å². The van der Waals surface area contributed by atoms with Gasteiger partial charge < -0.3 is 4.74 Å². The Labute approximate surface area is 81.3 Å². The first-order valence-electron chi connectivity index (χ1n) is 4.31. The predicted octanol–water partition coefficient (Wildman–Crippen LogP) is 2.69. The molecule has 0 amide bonds. The number of halogens is 1. The van der Waals surface area contributed by atoms with Gasteiger partial charge in [-0.1, -0.05) is 6.07 Å². The second-order valence-corrected chi connectivity index (χ2v) is 3.14. The molecule has 0 spiro atoms. The molecule has 1 aromatic heterocycles. The maximum atomic E-state index is 13.0. The largest absolute Gasteiger partial charge is 0.481 e. The average molecular weight is 191 g/mol. The van der Waals surface area contributed by atoms with E-state index in [0.29, 0.717) is 11.3 Å². The molecule has 72 valence electrons. The number of hydrogen-bond acceptors (Lipinski definition) is 2. The molecule has 0 saturated carbocycles. The van der Waals surface area contributed by atoms with Crippen LogP contribution in [0.1, 0.15) is 5.69 Å². The van der Waals surface area contributed by atoms with Crippen molar-refractivity contribution in [1.82, 2.24) is 4.98 Å². The monoisotopic (exact) mass is 191 g/mol. The predicted molar refractivity (Wildman–Crippen MR) is 53.0 cm³/mol. The zero-order chi connectivity index (χ0) is 10.1. The molecule has 14 heavy (non-hydrogen) atoms. The summed E-state index contributed by atoms with van der Waals surface area (Å²) in [6.45, 7) is 1.88. The van der Waals surface area contributed by atoms with Crippen molar-refractivity contribution in [3.05, 3.63) is 35.8 Å². The number of ether oxygens (including phenoxy) is 1. The van der Waals surface area contributed by atoms with Gasteiger partial charge in [-0.25, -0.2) is 9.37 Å². The van der Waals surface area contributed by atoms with Crippen molar-refractivity contribution in [3.8, 4) is 5.88 Å². The van der Waals surface area contributed by atoms with Crippen LogP contribution >= 0.6 is 0 Å². The molecule has 0 N–H and O–H groups in total. The summed E-state index contributed by atoms with van der Waals surface area (Å²) < 4.78 is 18.1. The third-order valence-corrected chi connectivity index (χ3v) is 2.08. The van der Waals surface area contributed by atoms with Crippen molar-refractivity contribution in [1.29, 1.82) is 0 Å². The number of hydrogen-bond donors (Lipinski definition) is 0. The van der Waals surface area contributed by atoms with E-state index in [1.54, 1.807) is 6.07 Å². The van der Waals surface area contributed by atoms with Crippen LogP contribution in [0, 0.1) is 12.7 Å². The fraction of sp³-hybridized carbons (Fsp3) is 0.182. The van der Waals surface area contributed by atoms with E-state index < -0.39 is 0 Å². The van der Waals surface area contributed by atoms with Crippen molar-refractivity contribution < 1.29 is 9.13 Å². The Morgan fingerprint density at radius 1 is 1.29 bits per heavy atom. The van der Waals surface area contributed by atoms with Crippen LogP contribution in [0.5, 0.6) is 5.88 Å². The Morgan fingerprint density at radius 2 is 2.07 bits per heavy atom. The maximum absolute atomic E-state index is 13.0. The maximum Gasteiger partial charge on any atom is 0.221 e. The molecule has 3 heteroatoms. The molecule has 0 aliphatic heterocycles. The van der Waals surface area contributed by atoms with Gasteiger partial charge in [0.2, 0.25) is 5.88 Å². The molecule has 0 radical (unpaired) electrons. The van der Waals surface area contributed by atoms with Crippen LogP contribution in [0.15, 0.2) is 24.3 Å². The Balaban J connectivity index is 2.81. The Kier molecular flexibility index (Phi) is 2.08. The van der Waals surface area contributed by atoms with Gasteiger partial charge in [0.05, 0.1) is 7.11 Å². The molecule has 0 fully saturated rings. The fourth-order valence-electron chi connectivity index (χ4n) is 1.47. The number of pyridine rings is 1. The van der Waals surface area contributed by atoms with Gasteiger partial charge in [-0.2, -0.15) is 0 Å². The van der Waals surface area contributed by atoms with Gasteiger partial charge in [0.1, 0.15) is 5.82 Å². The van der Waals surface area contributed by atoms with Crippen molar-refractivity contribution in [2.75, 3.05) is 7.11 Å². The van der Waals surface area contributed by atoms with E-state index in [1.807, 2.05) is 13.0 Å². The van der Waals surface area contributed by atoms with Gasteiger partial charge in [0, 0.05) is 11.1 Å². The highest BCUT2D eigenvalue weighted by atomic mass is 19.1. The third-order valence-electron chi connectivity index (χ3n) is 2.08. The highest BCUT2D eigenvalue weighted by Gasteiger charge is 2.04. The lowest BCUT2D eigenvalue weighted by molar-refractivity contribution is 0.402. The summed E-state index contributed by atoms with van der Waals surface area (Å²) in [5, 5.41) is 1.65. The van der Waals surface area contributed by atoms with E-state index in [9.17, 15) is 4.39 Å². The molecule has 0 unspecified atom stereocenters. The molecule has 2 nitrogen and oxygen atoms in total. The van der Waals surface area contributed by atoms with Crippen LogP contribution in [0.25, 0.3) is 10.8 Å². The minimum absolute atomic E-state index is 0.276. The van der Waals surface area contributed by atoms with Gasteiger partial charge in [0.15, 0.2) is 0 Å². The number of benzene rings is 1. The first-order valence-corrected chi connectivity index (χ1v) is 4.31. The van der Waals surface area contributed by atoms with Crippen LogP contribution in [0.2, 0.25) is 0 Å². The Morgan fingerprint density at radius 3 is 2.79 bits per heavy atom. The minimum Gasteiger partial charge on any atom is -0.481 e. The molecule has 0 atom stereocenters. The van der Waals surface area contributed by atoms with E-state index in [-0.39, 0.29) is 5.82 Å². The second kappa shape index (κ2) is 3.25. The summed E-state index contributed by atoms with van der Waals surface area (Å²) in [6.07, 6.45) is 0. The first-order chi connectivity index (χ1) is 6.70. The summed E-state index contributed by atoms with van der Waals surface area (Å²) in [4.78, 5) is 4.17. The summed E-state index contributed by atoms with van der Waals surface area (Å²) >= 11 is 0. The molecule has 0 saturated heterocycles. The third kappa shape index (κ3) is 1.41. The number of methoxy groups -OCH3 is 1. The van der Waals surface area contributed by atoms with Crippen LogP contribution in [-0.4, -0.2) is 12.1 Å². The SMILES string of the molecule is COc1nc(C)cc2ccc(F)cc12. The molecule has 1 heterocycles. The molecule has 2 rings (SSSR count). The molecule has 0 bridgehead atoms. The molecular weight excluding hydrogens is 181 g/mol. The highest BCUT2D eigenvalue weighted by Crippen LogP contribution is 2.24. The highest BCUT2D eigenvalue weighted by molar-refractivity contribution is 5.87. The molecule has 0 aliphatic carbocycles. The normalized spacial score (nSPS) is 10.5. The van der Waals surface area contributed by atoms with Crippen LogP contribution in [-0.2, 0) is 0 Å². The van der Waals surface area contributed by atoms with E-state index in [1.165, 1.54) is 19.2 Å². The van der Waals surface area contributed by atoms with E-state index in [4.69, 9.17) is 4.74 Å². The fourth-order valence-corrected chi connectivity index (χ4v) is 1.47. The lowest BCUT2D eigenvalue weighted by Gasteiger charge is -2.05. The van der Waals surface area contributed by atoms with Crippen molar-refractivity contribution in [2.45, 2.75) is 6.92 Å². The Hall–Kier alpha value is -1.64. The quantitative estimate of drug-likeness (QED) is 0.691. The summed E-state index contributed by atoms with van der Waals surface area (Å²) in [6, 6.07) is 6.49. The minimum atomic E-state index is -0.276. The second-order valence-electron chi connectivity index (χ2n) is 3.14.